The number of aromatic nitrogens is 1. The maximum Gasteiger partial charge on any atom is 0.273 e. The molecule has 0 aromatic carbocycles. The van der Waals surface area contributed by atoms with Gasteiger partial charge in [0.1, 0.15) is 5.69 Å². The smallest absolute Gasteiger partial charge is 0.273 e. The number of anilines is 1. The third-order valence-electron chi connectivity index (χ3n) is 2.29. The van der Waals surface area contributed by atoms with E-state index in [1.54, 1.807) is 5.38 Å². The van der Waals surface area contributed by atoms with Crippen LogP contribution in [0.5, 0.6) is 0 Å². The number of likely N-dealkylation sites (tertiary alicyclic amines) is 1. The van der Waals surface area contributed by atoms with E-state index in [1.807, 2.05) is 0 Å². The molecule has 0 bridgehead atoms. The number of nitrogen functional groups attached to an aromatic ring is 1. The van der Waals surface area contributed by atoms with Gasteiger partial charge in [-0.25, -0.2) is 4.98 Å². The summed E-state index contributed by atoms with van der Waals surface area (Å²) in [6.07, 6.45) is -1.74. The van der Waals surface area contributed by atoms with Gasteiger partial charge in [0.2, 0.25) is 0 Å². The lowest BCUT2D eigenvalue weighted by molar-refractivity contribution is 0.0572. The predicted octanol–water partition coefficient (Wildman–Crippen LogP) is -1.10. The van der Waals surface area contributed by atoms with Crippen molar-refractivity contribution in [1.29, 1.82) is 0 Å². The summed E-state index contributed by atoms with van der Waals surface area (Å²) in [4.78, 5) is 17.0. The summed E-state index contributed by atoms with van der Waals surface area (Å²) in [5.74, 6) is -0.307. The zero-order chi connectivity index (χ0) is 11.0. The second kappa shape index (κ2) is 3.76. The number of nitrogens with two attached hydrogens (primary N) is 1. The summed E-state index contributed by atoms with van der Waals surface area (Å²) < 4.78 is 0. The summed E-state index contributed by atoms with van der Waals surface area (Å²) in [6.45, 7) is 0.273. The molecule has 1 aliphatic rings. The molecule has 0 unspecified atom stereocenters. The SMILES string of the molecule is Nc1nc(C(=O)N2C[C@@H](O)[C@@H](O)C2)cs1. The van der Waals surface area contributed by atoms with Crippen molar-refractivity contribution in [3.05, 3.63) is 11.1 Å². The topological polar surface area (TPSA) is 99.7 Å². The quantitative estimate of drug-likeness (QED) is 0.568. The highest BCUT2D eigenvalue weighted by Gasteiger charge is 2.33. The van der Waals surface area contributed by atoms with E-state index in [0.717, 1.165) is 0 Å². The summed E-state index contributed by atoms with van der Waals surface area (Å²) in [7, 11) is 0. The molecule has 2 atom stereocenters. The molecule has 1 aliphatic heterocycles. The fourth-order valence-corrected chi connectivity index (χ4v) is 2.02. The first-order valence-corrected chi connectivity index (χ1v) is 5.32. The Morgan fingerprint density at radius 1 is 1.53 bits per heavy atom. The largest absolute Gasteiger partial charge is 0.388 e. The number of hydrogen-bond acceptors (Lipinski definition) is 6. The number of carbonyl (C=O) groups excluding carboxylic acids is 1. The fourth-order valence-electron chi connectivity index (χ4n) is 1.48. The van der Waals surface area contributed by atoms with Crippen LogP contribution in [0.1, 0.15) is 10.5 Å². The van der Waals surface area contributed by atoms with Crippen molar-refractivity contribution in [2.45, 2.75) is 12.2 Å². The number of thiazole rings is 1. The van der Waals surface area contributed by atoms with Crippen molar-refractivity contribution >= 4 is 22.4 Å². The van der Waals surface area contributed by atoms with Crippen molar-refractivity contribution in [2.24, 2.45) is 0 Å². The molecule has 2 heterocycles. The molecule has 1 aromatic heterocycles. The van der Waals surface area contributed by atoms with E-state index in [2.05, 4.69) is 4.98 Å². The molecule has 2 rings (SSSR count). The van der Waals surface area contributed by atoms with Crippen LogP contribution in [-0.4, -0.2) is 51.3 Å². The van der Waals surface area contributed by atoms with Crippen LogP contribution in [0.2, 0.25) is 0 Å². The van der Waals surface area contributed by atoms with Gasteiger partial charge in [-0.3, -0.25) is 4.79 Å². The molecule has 15 heavy (non-hydrogen) atoms. The number of β-amino-alcohol motifs (C(OH)–C–C–N with tert-alkyl or cyclic N) is 2. The number of hydrogen-bond donors (Lipinski definition) is 3. The zero-order valence-electron chi connectivity index (χ0n) is 7.83. The normalized spacial score (nSPS) is 25.9. The van der Waals surface area contributed by atoms with Crippen LogP contribution in [0.15, 0.2) is 5.38 Å². The first-order chi connectivity index (χ1) is 7.08. The molecule has 0 spiro atoms. The zero-order valence-corrected chi connectivity index (χ0v) is 8.65. The number of nitrogens with zero attached hydrogens (tertiary/aromatic N) is 2. The number of rotatable bonds is 1. The molecular formula is C8H11N3O3S. The van der Waals surface area contributed by atoms with Crippen molar-refractivity contribution in [1.82, 2.24) is 9.88 Å². The van der Waals surface area contributed by atoms with Gasteiger partial charge in [-0.05, 0) is 0 Å². The lowest BCUT2D eigenvalue weighted by Crippen LogP contribution is -2.30. The van der Waals surface area contributed by atoms with Gasteiger partial charge < -0.3 is 20.8 Å². The highest BCUT2D eigenvalue weighted by Crippen LogP contribution is 2.17. The molecule has 1 fully saturated rings. The molecule has 0 radical (unpaired) electrons. The van der Waals surface area contributed by atoms with Crippen molar-refractivity contribution < 1.29 is 15.0 Å². The second-order valence-corrected chi connectivity index (χ2v) is 4.31. The molecule has 4 N–H and O–H groups in total. The third-order valence-corrected chi connectivity index (χ3v) is 2.96. The molecule has 0 saturated carbocycles. The van der Waals surface area contributed by atoms with Crippen LogP contribution in [0.3, 0.4) is 0 Å². The molecule has 1 saturated heterocycles. The molecule has 6 nitrogen and oxygen atoms in total. The van der Waals surface area contributed by atoms with Crippen LogP contribution in [0.4, 0.5) is 5.13 Å². The molecule has 7 heteroatoms. The van der Waals surface area contributed by atoms with E-state index >= 15 is 0 Å². The van der Waals surface area contributed by atoms with Crippen LogP contribution in [0.25, 0.3) is 0 Å². The van der Waals surface area contributed by atoms with Crippen molar-refractivity contribution in [2.75, 3.05) is 18.8 Å². The maximum atomic E-state index is 11.7. The summed E-state index contributed by atoms with van der Waals surface area (Å²) >= 11 is 1.19. The Morgan fingerprint density at radius 3 is 2.60 bits per heavy atom. The first kappa shape index (κ1) is 10.3. The van der Waals surface area contributed by atoms with Gasteiger partial charge >= 0.3 is 0 Å². The Labute approximate surface area is 90.0 Å². The average Bonchev–Trinajstić information content (AvgIpc) is 2.74. The van der Waals surface area contributed by atoms with Gasteiger partial charge in [0, 0.05) is 18.5 Å². The van der Waals surface area contributed by atoms with Gasteiger partial charge in [-0.2, -0.15) is 0 Å². The second-order valence-electron chi connectivity index (χ2n) is 3.42. The lowest BCUT2D eigenvalue weighted by Gasteiger charge is -2.12. The van der Waals surface area contributed by atoms with E-state index in [9.17, 15) is 15.0 Å². The Kier molecular flexibility index (Phi) is 2.59. The standard InChI is InChI=1S/C8H11N3O3S/c9-8-10-4(3-15-8)7(14)11-1-5(12)6(13)2-11/h3,5-6,12-13H,1-2H2,(H2,9,10)/t5-,6+. The van der Waals surface area contributed by atoms with Crippen LogP contribution in [-0.2, 0) is 0 Å². The Hall–Kier alpha value is -1.18. The molecule has 1 aromatic rings. The Morgan fingerprint density at radius 2 is 2.13 bits per heavy atom. The van der Waals surface area contributed by atoms with Gasteiger partial charge in [-0.15, -0.1) is 11.3 Å². The molecule has 1 amide bonds. The summed E-state index contributed by atoms with van der Waals surface area (Å²) in [6, 6.07) is 0. The Bertz CT molecular complexity index is 371. The van der Waals surface area contributed by atoms with Gasteiger partial charge in [0.25, 0.3) is 5.91 Å². The van der Waals surface area contributed by atoms with Crippen molar-refractivity contribution in [3.8, 4) is 0 Å². The van der Waals surface area contributed by atoms with Crippen LogP contribution in [0, 0.1) is 0 Å². The van der Waals surface area contributed by atoms with E-state index in [4.69, 9.17) is 5.73 Å². The van der Waals surface area contributed by atoms with Gasteiger partial charge in [0.05, 0.1) is 12.2 Å². The minimum Gasteiger partial charge on any atom is -0.388 e. The minimum absolute atomic E-state index is 0.136. The van der Waals surface area contributed by atoms with Crippen LogP contribution < -0.4 is 5.73 Å². The number of aliphatic hydroxyl groups is 2. The molecule has 0 aliphatic carbocycles. The monoisotopic (exact) mass is 229 g/mol. The first-order valence-electron chi connectivity index (χ1n) is 4.44. The highest BCUT2D eigenvalue weighted by molar-refractivity contribution is 7.13. The third kappa shape index (κ3) is 1.94. The minimum atomic E-state index is -0.870. The lowest BCUT2D eigenvalue weighted by atomic mass is 10.3. The summed E-state index contributed by atoms with van der Waals surface area (Å²) in [5.41, 5.74) is 5.67. The van der Waals surface area contributed by atoms with Crippen LogP contribution >= 0.6 is 11.3 Å². The summed E-state index contributed by atoms with van der Waals surface area (Å²) in [5, 5.41) is 20.5. The number of amides is 1. The molecule has 82 valence electrons. The predicted molar refractivity (Wildman–Crippen MR) is 54.4 cm³/mol. The van der Waals surface area contributed by atoms with E-state index < -0.39 is 12.2 Å². The molecular weight excluding hydrogens is 218 g/mol. The average molecular weight is 229 g/mol. The van der Waals surface area contributed by atoms with E-state index in [1.165, 1.54) is 16.2 Å². The van der Waals surface area contributed by atoms with E-state index in [-0.39, 0.29) is 24.7 Å². The number of carbonyl (C=O) groups is 1. The fraction of sp³-hybridized carbons (Fsp3) is 0.500. The van der Waals surface area contributed by atoms with E-state index in [0.29, 0.717) is 5.13 Å². The van der Waals surface area contributed by atoms with Gasteiger partial charge in [-0.1, -0.05) is 0 Å². The van der Waals surface area contributed by atoms with Gasteiger partial charge in [0.15, 0.2) is 5.13 Å². The number of aliphatic hydroxyl groups excluding tert-OH is 2. The highest BCUT2D eigenvalue weighted by atomic mass is 32.1. The maximum absolute atomic E-state index is 11.7. The van der Waals surface area contributed by atoms with Crippen molar-refractivity contribution in [3.63, 3.8) is 0 Å². The Balaban J connectivity index is 2.10.